The van der Waals surface area contributed by atoms with Crippen molar-refractivity contribution >= 4 is 32.7 Å². The molecule has 0 aliphatic rings. The molecule has 1 amide bonds. The third kappa shape index (κ3) is 5.65. The van der Waals surface area contributed by atoms with Gasteiger partial charge in [-0.15, -0.1) is 0 Å². The lowest BCUT2D eigenvalue weighted by Gasteiger charge is -2.14. The third-order valence-electron chi connectivity index (χ3n) is 4.42. The summed E-state index contributed by atoms with van der Waals surface area (Å²) in [6.45, 7) is 1.15. The number of rotatable bonds is 8. The number of esters is 1. The van der Waals surface area contributed by atoms with Crippen molar-refractivity contribution in [1.82, 2.24) is 10.0 Å². The van der Waals surface area contributed by atoms with E-state index in [1.165, 1.54) is 19.1 Å². The van der Waals surface area contributed by atoms with E-state index < -0.39 is 34.5 Å². The molecule has 0 fully saturated rings. The minimum atomic E-state index is -3.90. The van der Waals surface area contributed by atoms with Crippen LogP contribution in [0.25, 0.3) is 10.8 Å². The summed E-state index contributed by atoms with van der Waals surface area (Å²) in [5, 5.41) is 4.34. The van der Waals surface area contributed by atoms with Gasteiger partial charge in [0.05, 0.1) is 4.90 Å². The largest absolute Gasteiger partial charge is 0.452 e. The predicted molar refractivity (Wildman–Crippen MR) is 113 cm³/mol. The molecule has 3 rings (SSSR count). The third-order valence-corrected chi connectivity index (χ3v) is 5.82. The van der Waals surface area contributed by atoms with Crippen LogP contribution in [-0.2, 0) is 30.9 Å². The van der Waals surface area contributed by atoms with E-state index in [1.54, 1.807) is 12.1 Å². The fraction of sp³-hybridized carbons (Fsp3) is 0.182. The van der Waals surface area contributed by atoms with E-state index >= 15 is 0 Å². The first-order valence-electron chi connectivity index (χ1n) is 9.35. The molecule has 0 radical (unpaired) electrons. The molecular formula is C22H22N2O5S. The monoisotopic (exact) mass is 426 g/mol. The number of ether oxygens (including phenoxy) is 1. The fourth-order valence-corrected chi connectivity index (χ4v) is 3.80. The Morgan fingerprint density at radius 1 is 0.933 bits per heavy atom. The van der Waals surface area contributed by atoms with E-state index in [0.717, 1.165) is 16.3 Å². The smallest absolute Gasteiger partial charge is 0.321 e. The summed E-state index contributed by atoms with van der Waals surface area (Å²) in [6.07, 6.45) is -1.05. The molecule has 2 N–H and O–H groups in total. The van der Waals surface area contributed by atoms with Gasteiger partial charge >= 0.3 is 5.97 Å². The standard InChI is InChI=1S/C22H22N2O5S/c1-16(22(26)23-14-17-7-3-2-4-8-17)29-21(25)15-24-30(27,28)20-12-11-18-9-5-6-10-19(18)13-20/h2-13,16,24H,14-15H2,1H3,(H,23,26). The normalized spacial score (nSPS) is 12.3. The van der Waals surface area contributed by atoms with Gasteiger partial charge in [0.25, 0.3) is 5.91 Å². The summed E-state index contributed by atoms with van der Waals surface area (Å²) in [5.74, 6) is -1.31. The molecule has 156 valence electrons. The average molecular weight is 426 g/mol. The van der Waals surface area contributed by atoms with E-state index in [0.29, 0.717) is 6.54 Å². The summed E-state index contributed by atoms with van der Waals surface area (Å²) in [4.78, 5) is 24.1. The lowest BCUT2D eigenvalue weighted by molar-refractivity contribution is -0.153. The summed E-state index contributed by atoms with van der Waals surface area (Å²) in [5.41, 5.74) is 0.910. The minimum absolute atomic E-state index is 0.0441. The number of carbonyl (C=O) groups excluding carboxylic acids is 2. The second-order valence-electron chi connectivity index (χ2n) is 6.67. The van der Waals surface area contributed by atoms with Gasteiger partial charge in [0, 0.05) is 6.54 Å². The number of benzene rings is 3. The highest BCUT2D eigenvalue weighted by Gasteiger charge is 2.20. The number of fused-ring (bicyclic) bond motifs is 1. The molecule has 8 heteroatoms. The van der Waals surface area contributed by atoms with Gasteiger partial charge in [-0.25, -0.2) is 8.42 Å². The Hall–Kier alpha value is -3.23. The van der Waals surface area contributed by atoms with Crippen LogP contribution in [0.5, 0.6) is 0 Å². The fourth-order valence-electron chi connectivity index (χ4n) is 2.79. The van der Waals surface area contributed by atoms with Crippen molar-refractivity contribution in [2.24, 2.45) is 0 Å². The average Bonchev–Trinajstić information content (AvgIpc) is 2.76. The summed E-state index contributed by atoms with van der Waals surface area (Å²) in [7, 11) is -3.90. The van der Waals surface area contributed by atoms with Crippen LogP contribution in [0.2, 0.25) is 0 Å². The molecule has 30 heavy (non-hydrogen) atoms. The highest BCUT2D eigenvalue weighted by atomic mass is 32.2. The number of hydrogen-bond acceptors (Lipinski definition) is 5. The first-order valence-corrected chi connectivity index (χ1v) is 10.8. The maximum Gasteiger partial charge on any atom is 0.321 e. The molecule has 0 bridgehead atoms. The van der Waals surface area contributed by atoms with Gasteiger partial charge in [0.15, 0.2) is 6.10 Å². The molecule has 0 heterocycles. The molecule has 0 aliphatic carbocycles. The molecular weight excluding hydrogens is 404 g/mol. The molecule has 0 aliphatic heterocycles. The van der Waals surface area contributed by atoms with Gasteiger partial charge < -0.3 is 10.1 Å². The van der Waals surface area contributed by atoms with Crippen LogP contribution in [-0.4, -0.2) is 32.9 Å². The molecule has 0 spiro atoms. The van der Waals surface area contributed by atoms with Crippen molar-refractivity contribution in [3.05, 3.63) is 78.4 Å². The SMILES string of the molecule is CC(OC(=O)CNS(=O)(=O)c1ccc2ccccc2c1)C(=O)NCc1ccccc1. The highest BCUT2D eigenvalue weighted by molar-refractivity contribution is 7.89. The topological polar surface area (TPSA) is 102 Å². The molecule has 0 saturated carbocycles. The Morgan fingerprint density at radius 2 is 1.60 bits per heavy atom. The van der Waals surface area contributed by atoms with Crippen LogP contribution >= 0.6 is 0 Å². The van der Waals surface area contributed by atoms with Crippen molar-refractivity contribution in [3.8, 4) is 0 Å². The molecule has 3 aromatic carbocycles. The first kappa shape index (κ1) is 21.5. The zero-order chi connectivity index (χ0) is 21.6. The van der Waals surface area contributed by atoms with Gasteiger partial charge in [-0.2, -0.15) is 4.72 Å². The summed E-state index contributed by atoms with van der Waals surface area (Å²) >= 11 is 0. The lowest BCUT2D eigenvalue weighted by Crippen LogP contribution is -2.38. The van der Waals surface area contributed by atoms with Gasteiger partial charge in [-0.05, 0) is 35.4 Å². The molecule has 1 atom stereocenters. The molecule has 0 saturated heterocycles. The molecule has 1 unspecified atom stereocenters. The molecule has 3 aromatic rings. The predicted octanol–water partition coefficient (Wildman–Crippen LogP) is 2.37. The van der Waals surface area contributed by atoms with Crippen LogP contribution in [0.3, 0.4) is 0 Å². The summed E-state index contributed by atoms with van der Waals surface area (Å²) < 4.78 is 32.2. The Kier molecular flexibility index (Phi) is 6.81. The number of hydrogen-bond donors (Lipinski definition) is 2. The number of sulfonamides is 1. The van der Waals surface area contributed by atoms with Crippen molar-refractivity contribution in [3.63, 3.8) is 0 Å². The summed E-state index contributed by atoms with van der Waals surface area (Å²) in [6, 6.07) is 21.3. The van der Waals surface area contributed by atoms with Gasteiger partial charge in [-0.1, -0.05) is 60.7 Å². The highest BCUT2D eigenvalue weighted by Crippen LogP contribution is 2.18. The Balaban J connectivity index is 1.51. The van der Waals surface area contributed by atoms with E-state index in [2.05, 4.69) is 10.0 Å². The van der Waals surface area contributed by atoms with Crippen molar-refractivity contribution in [2.75, 3.05) is 6.54 Å². The number of carbonyl (C=O) groups is 2. The molecule has 7 nitrogen and oxygen atoms in total. The maximum atomic E-state index is 12.5. The Labute approximate surface area is 175 Å². The Bertz CT molecular complexity index is 1150. The van der Waals surface area contributed by atoms with E-state index in [4.69, 9.17) is 4.74 Å². The van der Waals surface area contributed by atoms with E-state index in [-0.39, 0.29) is 4.90 Å². The van der Waals surface area contributed by atoms with Crippen molar-refractivity contribution < 1.29 is 22.7 Å². The van der Waals surface area contributed by atoms with Gasteiger partial charge in [0.2, 0.25) is 10.0 Å². The quantitative estimate of drug-likeness (QED) is 0.539. The van der Waals surface area contributed by atoms with Crippen LogP contribution in [0.4, 0.5) is 0 Å². The van der Waals surface area contributed by atoms with Gasteiger partial charge in [-0.3, -0.25) is 9.59 Å². The first-order chi connectivity index (χ1) is 14.3. The molecule has 0 aromatic heterocycles. The second kappa shape index (κ2) is 9.51. The van der Waals surface area contributed by atoms with Crippen molar-refractivity contribution in [2.45, 2.75) is 24.5 Å². The van der Waals surface area contributed by atoms with Crippen LogP contribution in [0, 0.1) is 0 Å². The zero-order valence-corrected chi connectivity index (χ0v) is 17.2. The van der Waals surface area contributed by atoms with Crippen LogP contribution in [0.1, 0.15) is 12.5 Å². The maximum absolute atomic E-state index is 12.5. The van der Waals surface area contributed by atoms with Gasteiger partial charge in [0.1, 0.15) is 6.54 Å². The van der Waals surface area contributed by atoms with E-state index in [9.17, 15) is 18.0 Å². The van der Waals surface area contributed by atoms with Crippen LogP contribution in [0.15, 0.2) is 77.7 Å². The van der Waals surface area contributed by atoms with Crippen molar-refractivity contribution in [1.29, 1.82) is 0 Å². The number of amides is 1. The Morgan fingerprint density at radius 3 is 2.33 bits per heavy atom. The second-order valence-corrected chi connectivity index (χ2v) is 8.44. The number of nitrogens with one attached hydrogen (secondary N) is 2. The zero-order valence-electron chi connectivity index (χ0n) is 16.4. The van der Waals surface area contributed by atoms with E-state index in [1.807, 2.05) is 48.5 Å². The van der Waals surface area contributed by atoms with Crippen LogP contribution < -0.4 is 10.0 Å². The minimum Gasteiger partial charge on any atom is -0.452 e. The lowest BCUT2D eigenvalue weighted by atomic mass is 10.1.